The van der Waals surface area contributed by atoms with Gasteiger partial charge >= 0.3 is 0 Å². The van der Waals surface area contributed by atoms with Crippen LogP contribution in [0.3, 0.4) is 0 Å². The van der Waals surface area contributed by atoms with Crippen molar-refractivity contribution >= 4 is 11.7 Å². The van der Waals surface area contributed by atoms with Crippen LogP contribution in [0.1, 0.15) is 47.1 Å². The van der Waals surface area contributed by atoms with Gasteiger partial charge in [0.05, 0.1) is 23.6 Å². The van der Waals surface area contributed by atoms with Gasteiger partial charge in [0.1, 0.15) is 5.82 Å². The van der Waals surface area contributed by atoms with Gasteiger partial charge in [0.25, 0.3) is 5.91 Å². The standard InChI is InChI=1S/C18H23N5O/c1-19-18(24)14-5-4-9-20-17(14)22-10-8-13(11-22)23-12-21-15-6-2-3-7-16(15)23/h4-5,9,12-13H,2-3,6-8,10-11H2,1H3,(H,19,24)/t13-/m1/s1. The number of aryl methyl sites for hydroxylation is 1. The molecule has 4 rings (SSSR count). The molecule has 0 saturated carbocycles. The first-order chi connectivity index (χ1) is 11.8. The predicted molar refractivity (Wildman–Crippen MR) is 92.4 cm³/mol. The van der Waals surface area contributed by atoms with E-state index in [4.69, 9.17) is 0 Å². The minimum atomic E-state index is -0.0819. The molecule has 0 spiro atoms. The van der Waals surface area contributed by atoms with Crippen molar-refractivity contribution < 1.29 is 4.79 Å². The van der Waals surface area contributed by atoms with Crippen LogP contribution < -0.4 is 10.2 Å². The SMILES string of the molecule is CNC(=O)c1cccnc1N1CC[C@@H](n2cnc3c2CCCC3)C1. The molecule has 2 aromatic rings. The van der Waals surface area contributed by atoms with Gasteiger partial charge in [-0.25, -0.2) is 9.97 Å². The second kappa shape index (κ2) is 6.26. The van der Waals surface area contributed by atoms with E-state index in [1.807, 2.05) is 18.5 Å². The summed E-state index contributed by atoms with van der Waals surface area (Å²) in [5.74, 6) is 0.704. The lowest BCUT2D eigenvalue weighted by molar-refractivity contribution is 0.0963. The van der Waals surface area contributed by atoms with E-state index in [0.717, 1.165) is 38.2 Å². The van der Waals surface area contributed by atoms with Gasteiger partial charge in [0, 0.05) is 32.0 Å². The molecule has 0 aromatic carbocycles. The molecule has 1 saturated heterocycles. The third kappa shape index (κ3) is 2.56. The summed E-state index contributed by atoms with van der Waals surface area (Å²) in [6.07, 6.45) is 9.60. The number of carbonyl (C=O) groups is 1. The van der Waals surface area contributed by atoms with Crippen LogP contribution in [0.25, 0.3) is 0 Å². The second-order valence-corrected chi connectivity index (χ2v) is 6.59. The van der Waals surface area contributed by atoms with Crippen LogP contribution in [0, 0.1) is 0 Å². The molecular formula is C18H23N5O. The lowest BCUT2D eigenvalue weighted by Gasteiger charge is -2.22. The zero-order valence-electron chi connectivity index (χ0n) is 14.0. The molecule has 1 atom stereocenters. The Balaban J connectivity index is 1.57. The van der Waals surface area contributed by atoms with Gasteiger partial charge in [0.15, 0.2) is 0 Å². The maximum absolute atomic E-state index is 12.1. The number of anilines is 1. The van der Waals surface area contributed by atoms with Crippen LogP contribution in [0.5, 0.6) is 0 Å². The number of hydrogen-bond acceptors (Lipinski definition) is 4. The molecule has 1 N–H and O–H groups in total. The van der Waals surface area contributed by atoms with Gasteiger partial charge in [0.2, 0.25) is 0 Å². The molecule has 1 amide bonds. The fourth-order valence-corrected chi connectivity index (χ4v) is 3.93. The van der Waals surface area contributed by atoms with Crippen LogP contribution in [0.2, 0.25) is 0 Å². The Kier molecular flexibility index (Phi) is 3.96. The van der Waals surface area contributed by atoms with Crippen LogP contribution in [-0.2, 0) is 12.8 Å². The number of carbonyl (C=O) groups excluding carboxylic acids is 1. The lowest BCUT2D eigenvalue weighted by atomic mass is 10.0. The van der Waals surface area contributed by atoms with E-state index >= 15 is 0 Å². The summed E-state index contributed by atoms with van der Waals surface area (Å²) < 4.78 is 2.37. The maximum Gasteiger partial charge on any atom is 0.254 e. The molecule has 0 bridgehead atoms. The highest BCUT2D eigenvalue weighted by molar-refractivity contribution is 5.98. The average Bonchev–Trinajstić information content (AvgIpc) is 3.27. The van der Waals surface area contributed by atoms with Crippen LogP contribution in [0.15, 0.2) is 24.7 Å². The zero-order valence-corrected chi connectivity index (χ0v) is 14.0. The molecule has 1 aliphatic heterocycles. The Hall–Kier alpha value is -2.37. The van der Waals surface area contributed by atoms with Crippen LogP contribution in [0.4, 0.5) is 5.82 Å². The Morgan fingerprint density at radius 2 is 2.17 bits per heavy atom. The normalized spacial score (nSPS) is 20.0. The average molecular weight is 325 g/mol. The Bertz CT molecular complexity index is 754. The first kappa shape index (κ1) is 15.2. The predicted octanol–water partition coefficient (Wildman–Crippen LogP) is 1.97. The molecule has 2 aliphatic rings. The van der Waals surface area contributed by atoms with Crippen molar-refractivity contribution in [2.45, 2.75) is 38.1 Å². The summed E-state index contributed by atoms with van der Waals surface area (Å²) in [7, 11) is 1.66. The topological polar surface area (TPSA) is 63.1 Å². The van der Waals surface area contributed by atoms with Crippen molar-refractivity contribution in [1.29, 1.82) is 0 Å². The summed E-state index contributed by atoms with van der Waals surface area (Å²) in [5, 5.41) is 2.70. The summed E-state index contributed by atoms with van der Waals surface area (Å²) in [4.78, 5) is 23.4. The molecule has 0 unspecified atom stereocenters. The minimum absolute atomic E-state index is 0.0819. The minimum Gasteiger partial charge on any atom is -0.355 e. The Morgan fingerprint density at radius 3 is 3.04 bits per heavy atom. The third-order valence-electron chi connectivity index (χ3n) is 5.17. The molecule has 0 radical (unpaired) electrons. The zero-order chi connectivity index (χ0) is 16.5. The fraction of sp³-hybridized carbons (Fsp3) is 0.500. The number of aromatic nitrogens is 3. The molecule has 1 fully saturated rings. The number of nitrogens with one attached hydrogen (secondary N) is 1. The number of pyridine rings is 1. The largest absolute Gasteiger partial charge is 0.355 e. The van der Waals surface area contributed by atoms with Crippen molar-refractivity contribution in [3.63, 3.8) is 0 Å². The van der Waals surface area contributed by atoms with Crippen LogP contribution in [-0.4, -0.2) is 40.6 Å². The van der Waals surface area contributed by atoms with Crippen molar-refractivity contribution in [2.24, 2.45) is 0 Å². The Morgan fingerprint density at radius 1 is 1.29 bits per heavy atom. The first-order valence-corrected chi connectivity index (χ1v) is 8.74. The van der Waals surface area contributed by atoms with Gasteiger partial charge in [-0.1, -0.05) is 0 Å². The second-order valence-electron chi connectivity index (χ2n) is 6.59. The van der Waals surface area contributed by atoms with Crippen molar-refractivity contribution in [2.75, 3.05) is 25.0 Å². The van der Waals surface area contributed by atoms with Gasteiger partial charge in [-0.15, -0.1) is 0 Å². The molecule has 2 aromatic heterocycles. The highest BCUT2D eigenvalue weighted by Crippen LogP contribution is 2.31. The van der Waals surface area contributed by atoms with Gasteiger partial charge < -0.3 is 14.8 Å². The van der Waals surface area contributed by atoms with E-state index in [0.29, 0.717) is 11.6 Å². The number of amides is 1. The van der Waals surface area contributed by atoms with Gasteiger partial charge in [-0.2, -0.15) is 0 Å². The first-order valence-electron chi connectivity index (χ1n) is 8.74. The van der Waals surface area contributed by atoms with Crippen LogP contribution >= 0.6 is 0 Å². The molecule has 1 aliphatic carbocycles. The number of fused-ring (bicyclic) bond motifs is 1. The number of hydrogen-bond donors (Lipinski definition) is 1. The molecule has 6 nitrogen and oxygen atoms in total. The van der Waals surface area contributed by atoms with Crippen molar-refractivity contribution in [3.05, 3.63) is 41.6 Å². The van der Waals surface area contributed by atoms with E-state index in [1.54, 1.807) is 13.2 Å². The highest BCUT2D eigenvalue weighted by Gasteiger charge is 2.29. The molecule has 6 heteroatoms. The highest BCUT2D eigenvalue weighted by atomic mass is 16.1. The van der Waals surface area contributed by atoms with E-state index in [1.165, 1.54) is 24.2 Å². The number of nitrogens with zero attached hydrogens (tertiary/aromatic N) is 4. The summed E-state index contributed by atoms with van der Waals surface area (Å²) >= 11 is 0. The molecule has 126 valence electrons. The molecule has 3 heterocycles. The number of rotatable bonds is 3. The van der Waals surface area contributed by atoms with E-state index in [-0.39, 0.29) is 5.91 Å². The lowest BCUT2D eigenvalue weighted by Crippen LogP contribution is -2.27. The molecule has 24 heavy (non-hydrogen) atoms. The van der Waals surface area contributed by atoms with E-state index in [9.17, 15) is 4.79 Å². The quantitative estimate of drug-likeness (QED) is 0.937. The fourth-order valence-electron chi connectivity index (χ4n) is 3.93. The summed E-state index contributed by atoms with van der Waals surface area (Å²) in [6, 6.07) is 4.07. The monoisotopic (exact) mass is 325 g/mol. The maximum atomic E-state index is 12.1. The van der Waals surface area contributed by atoms with Gasteiger partial charge in [-0.05, 0) is 44.2 Å². The Labute approximate surface area is 141 Å². The van der Waals surface area contributed by atoms with Crippen molar-refractivity contribution in [1.82, 2.24) is 19.9 Å². The van der Waals surface area contributed by atoms with E-state index in [2.05, 4.69) is 24.8 Å². The van der Waals surface area contributed by atoms with E-state index < -0.39 is 0 Å². The number of imidazole rings is 1. The third-order valence-corrected chi connectivity index (χ3v) is 5.17. The smallest absolute Gasteiger partial charge is 0.254 e. The summed E-state index contributed by atoms with van der Waals surface area (Å²) in [5.41, 5.74) is 3.34. The summed E-state index contributed by atoms with van der Waals surface area (Å²) in [6.45, 7) is 1.79. The van der Waals surface area contributed by atoms with Gasteiger partial charge in [-0.3, -0.25) is 4.79 Å². The molecular weight excluding hydrogens is 302 g/mol. The van der Waals surface area contributed by atoms with Crippen molar-refractivity contribution in [3.8, 4) is 0 Å².